The van der Waals surface area contributed by atoms with Crippen LogP contribution >= 0.6 is 11.6 Å². The van der Waals surface area contributed by atoms with Gasteiger partial charge in [-0.25, -0.2) is 0 Å². The Morgan fingerprint density at radius 3 is 2.16 bits per heavy atom. The first-order chi connectivity index (χ1) is 9.13. The number of benzene rings is 2. The van der Waals surface area contributed by atoms with Gasteiger partial charge in [-0.1, -0.05) is 53.1 Å². The normalized spacial score (nSPS) is 10.7. The van der Waals surface area contributed by atoms with Crippen LogP contribution in [-0.2, 0) is 13.0 Å². The van der Waals surface area contributed by atoms with Crippen molar-refractivity contribution >= 4 is 11.6 Å². The molecule has 2 heteroatoms. The molecule has 19 heavy (non-hydrogen) atoms. The molecule has 0 atom stereocenters. The van der Waals surface area contributed by atoms with Gasteiger partial charge in [-0.2, -0.15) is 0 Å². The summed E-state index contributed by atoms with van der Waals surface area (Å²) in [5.74, 6) is 0. The van der Waals surface area contributed by atoms with Crippen molar-refractivity contribution < 1.29 is 0 Å². The van der Waals surface area contributed by atoms with Gasteiger partial charge in [0.2, 0.25) is 0 Å². The molecule has 2 rings (SSSR count). The highest BCUT2D eigenvalue weighted by Crippen LogP contribution is 2.10. The lowest BCUT2D eigenvalue weighted by molar-refractivity contribution is 0.686. The van der Waals surface area contributed by atoms with Gasteiger partial charge in [0.05, 0.1) is 0 Å². The third kappa shape index (κ3) is 4.70. The van der Waals surface area contributed by atoms with E-state index in [1.807, 2.05) is 12.1 Å². The second-order valence-electron chi connectivity index (χ2n) is 5.05. The van der Waals surface area contributed by atoms with E-state index in [0.29, 0.717) is 0 Å². The fourth-order valence-electron chi connectivity index (χ4n) is 2.29. The molecule has 0 saturated heterocycles. The van der Waals surface area contributed by atoms with E-state index < -0.39 is 0 Å². The molecule has 1 nitrogen and oxygen atoms in total. The SMILES string of the molecule is Cc1cc(C)cc(CNCCc2ccc(Cl)cc2)c1. The number of halogens is 1. The van der Waals surface area contributed by atoms with Crippen LogP contribution in [0.5, 0.6) is 0 Å². The molecule has 0 aliphatic rings. The summed E-state index contributed by atoms with van der Waals surface area (Å²) in [5.41, 5.74) is 5.33. The third-order valence-electron chi connectivity index (χ3n) is 3.11. The summed E-state index contributed by atoms with van der Waals surface area (Å²) in [6.07, 6.45) is 1.03. The van der Waals surface area contributed by atoms with Crippen molar-refractivity contribution in [3.05, 3.63) is 69.7 Å². The topological polar surface area (TPSA) is 12.0 Å². The maximum Gasteiger partial charge on any atom is 0.0406 e. The lowest BCUT2D eigenvalue weighted by Gasteiger charge is -2.07. The summed E-state index contributed by atoms with van der Waals surface area (Å²) in [6.45, 7) is 6.19. The summed E-state index contributed by atoms with van der Waals surface area (Å²) < 4.78 is 0. The van der Waals surface area contributed by atoms with Crippen molar-refractivity contribution in [2.75, 3.05) is 6.54 Å². The first kappa shape index (κ1) is 14.1. The number of aryl methyl sites for hydroxylation is 2. The largest absolute Gasteiger partial charge is 0.312 e. The quantitative estimate of drug-likeness (QED) is 0.802. The molecule has 0 fully saturated rings. The molecule has 0 aromatic heterocycles. The van der Waals surface area contributed by atoms with Crippen LogP contribution in [0.4, 0.5) is 0 Å². The Kier molecular flexibility index (Phi) is 5.00. The highest BCUT2D eigenvalue weighted by molar-refractivity contribution is 6.30. The Bertz CT molecular complexity index is 511. The van der Waals surface area contributed by atoms with Crippen LogP contribution in [0.2, 0.25) is 5.02 Å². The van der Waals surface area contributed by atoms with Gasteiger partial charge < -0.3 is 5.32 Å². The molecule has 1 N–H and O–H groups in total. The fourth-order valence-corrected chi connectivity index (χ4v) is 2.41. The molecule has 0 aliphatic carbocycles. The summed E-state index contributed by atoms with van der Waals surface area (Å²) in [5, 5.41) is 4.28. The van der Waals surface area contributed by atoms with Gasteiger partial charge in [0.1, 0.15) is 0 Å². The van der Waals surface area contributed by atoms with Crippen LogP contribution in [-0.4, -0.2) is 6.54 Å². The Hall–Kier alpha value is -1.31. The van der Waals surface area contributed by atoms with Gasteiger partial charge in [-0.05, 0) is 50.1 Å². The lowest BCUT2D eigenvalue weighted by Crippen LogP contribution is -2.16. The second-order valence-corrected chi connectivity index (χ2v) is 5.49. The summed E-state index contributed by atoms with van der Waals surface area (Å²) in [6, 6.07) is 14.7. The zero-order chi connectivity index (χ0) is 13.7. The van der Waals surface area contributed by atoms with Crippen molar-refractivity contribution in [2.24, 2.45) is 0 Å². The lowest BCUT2D eigenvalue weighted by atomic mass is 10.1. The Morgan fingerprint density at radius 2 is 1.53 bits per heavy atom. The monoisotopic (exact) mass is 273 g/mol. The molecule has 0 saturated carbocycles. The number of nitrogens with one attached hydrogen (secondary N) is 1. The van der Waals surface area contributed by atoms with Crippen LogP contribution in [0, 0.1) is 13.8 Å². The highest BCUT2D eigenvalue weighted by atomic mass is 35.5. The Labute approximate surface area is 120 Å². The predicted octanol–water partition coefficient (Wildman–Crippen LogP) is 4.29. The standard InChI is InChI=1S/C17H20ClN/c1-13-9-14(2)11-16(10-13)12-19-8-7-15-3-5-17(18)6-4-15/h3-6,9-11,19H,7-8,12H2,1-2H3. The zero-order valence-electron chi connectivity index (χ0n) is 11.5. The smallest absolute Gasteiger partial charge is 0.0406 e. The molecule has 100 valence electrons. The molecule has 0 bridgehead atoms. The van der Waals surface area contributed by atoms with E-state index in [2.05, 4.69) is 49.5 Å². The van der Waals surface area contributed by atoms with E-state index in [1.54, 1.807) is 0 Å². The van der Waals surface area contributed by atoms with Crippen LogP contribution in [0.25, 0.3) is 0 Å². The molecule has 0 amide bonds. The van der Waals surface area contributed by atoms with Crippen LogP contribution in [0.1, 0.15) is 22.3 Å². The maximum atomic E-state index is 5.87. The number of rotatable bonds is 5. The van der Waals surface area contributed by atoms with Crippen molar-refractivity contribution in [1.82, 2.24) is 5.32 Å². The molecule has 0 aliphatic heterocycles. The molecule has 2 aromatic carbocycles. The Morgan fingerprint density at radius 1 is 0.895 bits per heavy atom. The molecule has 0 radical (unpaired) electrons. The minimum atomic E-state index is 0.798. The van der Waals surface area contributed by atoms with Crippen molar-refractivity contribution in [3.8, 4) is 0 Å². The van der Waals surface area contributed by atoms with Gasteiger partial charge in [0.15, 0.2) is 0 Å². The van der Waals surface area contributed by atoms with Crippen LogP contribution in [0.3, 0.4) is 0 Å². The molecule has 0 heterocycles. The number of hydrogen-bond acceptors (Lipinski definition) is 1. The fraction of sp³-hybridized carbons (Fsp3) is 0.294. The van der Waals surface area contributed by atoms with Gasteiger partial charge >= 0.3 is 0 Å². The minimum Gasteiger partial charge on any atom is -0.312 e. The van der Waals surface area contributed by atoms with Crippen LogP contribution in [0.15, 0.2) is 42.5 Å². The van der Waals surface area contributed by atoms with E-state index >= 15 is 0 Å². The van der Waals surface area contributed by atoms with E-state index in [1.165, 1.54) is 22.3 Å². The first-order valence-corrected chi connectivity index (χ1v) is 7.03. The van der Waals surface area contributed by atoms with Gasteiger partial charge in [-0.3, -0.25) is 0 Å². The third-order valence-corrected chi connectivity index (χ3v) is 3.37. The van der Waals surface area contributed by atoms with Crippen molar-refractivity contribution in [1.29, 1.82) is 0 Å². The van der Waals surface area contributed by atoms with Gasteiger partial charge in [-0.15, -0.1) is 0 Å². The van der Waals surface area contributed by atoms with Gasteiger partial charge in [0.25, 0.3) is 0 Å². The van der Waals surface area contributed by atoms with E-state index in [0.717, 1.165) is 24.5 Å². The molecular weight excluding hydrogens is 254 g/mol. The average Bonchev–Trinajstić information content (AvgIpc) is 2.36. The summed E-state index contributed by atoms with van der Waals surface area (Å²) >= 11 is 5.87. The molecule has 0 unspecified atom stereocenters. The zero-order valence-corrected chi connectivity index (χ0v) is 12.3. The number of hydrogen-bond donors (Lipinski definition) is 1. The van der Waals surface area contributed by atoms with E-state index in [4.69, 9.17) is 11.6 Å². The van der Waals surface area contributed by atoms with E-state index in [-0.39, 0.29) is 0 Å². The molecule has 2 aromatic rings. The van der Waals surface area contributed by atoms with Crippen LogP contribution < -0.4 is 5.32 Å². The average molecular weight is 274 g/mol. The summed E-state index contributed by atoms with van der Waals surface area (Å²) in [7, 11) is 0. The van der Waals surface area contributed by atoms with Gasteiger partial charge in [0, 0.05) is 11.6 Å². The summed E-state index contributed by atoms with van der Waals surface area (Å²) in [4.78, 5) is 0. The Balaban J connectivity index is 1.79. The van der Waals surface area contributed by atoms with E-state index in [9.17, 15) is 0 Å². The second kappa shape index (κ2) is 6.74. The predicted molar refractivity (Wildman–Crippen MR) is 82.8 cm³/mol. The highest BCUT2D eigenvalue weighted by Gasteiger charge is 1.97. The van der Waals surface area contributed by atoms with Crippen molar-refractivity contribution in [2.45, 2.75) is 26.8 Å². The molecular formula is C17H20ClN. The maximum absolute atomic E-state index is 5.87. The molecule has 0 spiro atoms. The minimum absolute atomic E-state index is 0.798. The first-order valence-electron chi connectivity index (χ1n) is 6.66. The van der Waals surface area contributed by atoms with Crippen molar-refractivity contribution in [3.63, 3.8) is 0 Å².